The van der Waals surface area contributed by atoms with E-state index in [1.807, 2.05) is 6.07 Å². The molecule has 7 heteroatoms. The second-order valence-corrected chi connectivity index (χ2v) is 6.84. The molecule has 1 unspecified atom stereocenters. The quantitative estimate of drug-likeness (QED) is 0.779. The molecule has 0 bridgehead atoms. The van der Waals surface area contributed by atoms with Crippen molar-refractivity contribution in [2.75, 3.05) is 65.6 Å². The second-order valence-electron chi connectivity index (χ2n) is 6.84. The molecule has 26 heavy (non-hydrogen) atoms. The van der Waals surface area contributed by atoms with Gasteiger partial charge in [-0.3, -0.25) is 9.80 Å². The third kappa shape index (κ3) is 7.53. The van der Waals surface area contributed by atoms with E-state index in [0.29, 0.717) is 26.3 Å². The predicted molar refractivity (Wildman–Crippen MR) is 111 cm³/mol. The molecule has 2 fully saturated rings. The summed E-state index contributed by atoms with van der Waals surface area (Å²) in [6.45, 7) is 8.32. The van der Waals surface area contributed by atoms with Crippen LogP contribution in [0.4, 0.5) is 0 Å². The standard InChI is InChI=1S/C19H29N3O2.2ClH/c23-19(15-20-8-14-24-17-19)16-22-12-10-21(11-13-22)9-4-7-18-5-2-1-3-6-18;;/h1-7,20,23H,8-17H2;2*1H. The normalized spacial score (nSPS) is 25.3. The van der Waals surface area contributed by atoms with Gasteiger partial charge in [0.15, 0.2) is 0 Å². The minimum absolute atomic E-state index is 0. The van der Waals surface area contributed by atoms with Gasteiger partial charge in [-0.2, -0.15) is 0 Å². The molecule has 1 aromatic carbocycles. The monoisotopic (exact) mass is 403 g/mol. The van der Waals surface area contributed by atoms with Crippen molar-refractivity contribution in [3.05, 3.63) is 42.0 Å². The molecular weight excluding hydrogens is 373 g/mol. The molecule has 0 aromatic heterocycles. The van der Waals surface area contributed by atoms with Crippen LogP contribution in [0.1, 0.15) is 5.56 Å². The Morgan fingerprint density at radius 2 is 1.77 bits per heavy atom. The van der Waals surface area contributed by atoms with Crippen molar-refractivity contribution in [3.8, 4) is 0 Å². The van der Waals surface area contributed by atoms with Gasteiger partial charge in [0, 0.05) is 52.4 Å². The van der Waals surface area contributed by atoms with Crippen LogP contribution in [0.2, 0.25) is 0 Å². The van der Waals surface area contributed by atoms with Gasteiger partial charge in [0.1, 0.15) is 5.60 Å². The van der Waals surface area contributed by atoms with Crippen LogP contribution in [-0.4, -0.2) is 86.1 Å². The maximum absolute atomic E-state index is 10.7. The summed E-state index contributed by atoms with van der Waals surface area (Å²) in [5.74, 6) is 0. The number of hydrogen-bond acceptors (Lipinski definition) is 5. The fourth-order valence-corrected chi connectivity index (χ4v) is 3.33. The number of aliphatic hydroxyl groups is 1. The lowest BCUT2D eigenvalue weighted by Gasteiger charge is -2.38. The lowest BCUT2D eigenvalue weighted by molar-refractivity contribution is -0.0547. The first-order valence-electron chi connectivity index (χ1n) is 8.91. The summed E-state index contributed by atoms with van der Waals surface area (Å²) in [4.78, 5) is 4.82. The first-order chi connectivity index (χ1) is 11.7. The van der Waals surface area contributed by atoms with Crippen molar-refractivity contribution in [2.24, 2.45) is 0 Å². The van der Waals surface area contributed by atoms with Crippen molar-refractivity contribution in [1.29, 1.82) is 0 Å². The van der Waals surface area contributed by atoms with Crippen LogP contribution < -0.4 is 5.32 Å². The molecule has 0 saturated carbocycles. The zero-order valence-corrected chi connectivity index (χ0v) is 16.8. The van der Waals surface area contributed by atoms with E-state index in [0.717, 1.165) is 39.3 Å². The number of benzene rings is 1. The lowest BCUT2D eigenvalue weighted by Crippen LogP contribution is -2.56. The van der Waals surface area contributed by atoms with Gasteiger partial charge in [-0.05, 0) is 5.56 Å². The van der Waals surface area contributed by atoms with Gasteiger partial charge >= 0.3 is 0 Å². The molecule has 2 aliphatic rings. The molecule has 5 nitrogen and oxygen atoms in total. The zero-order valence-electron chi connectivity index (χ0n) is 15.2. The van der Waals surface area contributed by atoms with E-state index in [1.54, 1.807) is 0 Å². The molecule has 2 aliphatic heterocycles. The van der Waals surface area contributed by atoms with E-state index in [4.69, 9.17) is 4.74 Å². The first-order valence-corrected chi connectivity index (χ1v) is 8.91. The number of hydrogen-bond donors (Lipinski definition) is 2. The number of rotatable bonds is 5. The Balaban J connectivity index is 0.00000169. The molecule has 1 aromatic rings. The van der Waals surface area contributed by atoms with Gasteiger partial charge in [0.25, 0.3) is 0 Å². The summed E-state index contributed by atoms with van der Waals surface area (Å²) < 4.78 is 5.51. The van der Waals surface area contributed by atoms with Crippen LogP contribution in [0.15, 0.2) is 36.4 Å². The van der Waals surface area contributed by atoms with Crippen LogP contribution >= 0.6 is 24.8 Å². The van der Waals surface area contributed by atoms with Crippen LogP contribution in [-0.2, 0) is 4.74 Å². The molecule has 2 heterocycles. The molecule has 148 valence electrons. The van der Waals surface area contributed by atoms with E-state index in [9.17, 15) is 5.11 Å². The Labute approximate surface area is 169 Å². The molecule has 0 aliphatic carbocycles. The average molecular weight is 404 g/mol. The Hall–Kier alpha value is -0.660. The summed E-state index contributed by atoms with van der Waals surface area (Å²) in [5.41, 5.74) is 0.491. The number of β-amino-alcohol motifs (C(OH)–C–C–N with tert-alkyl or cyclic N) is 1. The van der Waals surface area contributed by atoms with Gasteiger partial charge in [0.2, 0.25) is 0 Å². The van der Waals surface area contributed by atoms with E-state index in [2.05, 4.69) is 51.5 Å². The van der Waals surface area contributed by atoms with Gasteiger partial charge in [0.05, 0.1) is 13.2 Å². The van der Waals surface area contributed by atoms with Crippen molar-refractivity contribution in [1.82, 2.24) is 15.1 Å². The molecule has 2 saturated heterocycles. The highest BCUT2D eigenvalue weighted by Gasteiger charge is 2.32. The van der Waals surface area contributed by atoms with Gasteiger partial charge in [-0.1, -0.05) is 42.5 Å². The van der Waals surface area contributed by atoms with E-state index in [-0.39, 0.29) is 24.8 Å². The predicted octanol–water partition coefficient (Wildman–Crippen LogP) is 1.51. The molecular formula is C19H31Cl2N3O2. The summed E-state index contributed by atoms with van der Waals surface area (Å²) >= 11 is 0. The smallest absolute Gasteiger partial charge is 0.113 e. The molecule has 1 atom stereocenters. The fourth-order valence-electron chi connectivity index (χ4n) is 3.33. The Bertz CT molecular complexity index is 515. The molecule has 0 spiro atoms. The summed E-state index contributed by atoms with van der Waals surface area (Å²) in [7, 11) is 0. The fraction of sp³-hybridized carbons (Fsp3) is 0.579. The zero-order chi connectivity index (χ0) is 16.7. The number of piperazine rings is 1. The lowest BCUT2D eigenvalue weighted by atomic mass is 10.0. The third-order valence-electron chi connectivity index (χ3n) is 4.70. The van der Waals surface area contributed by atoms with Gasteiger partial charge in [-0.15, -0.1) is 24.8 Å². The van der Waals surface area contributed by atoms with Crippen molar-refractivity contribution in [3.63, 3.8) is 0 Å². The Kier molecular flexibility index (Phi) is 10.7. The summed E-state index contributed by atoms with van der Waals surface area (Å²) in [6.07, 6.45) is 4.42. The first kappa shape index (κ1) is 23.4. The number of halogens is 2. The minimum atomic E-state index is -0.758. The van der Waals surface area contributed by atoms with Crippen LogP contribution in [0.3, 0.4) is 0 Å². The van der Waals surface area contributed by atoms with E-state index >= 15 is 0 Å². The molecule has 0 amide bonds. The number of nitrogens with one attached hydrogen (secondary N) is 1. The van der Waals surface area contributed by atoms with E-state index in [1.165, 1.54) is 5.56 Å². The van der Waals surface area contributed by atoms with Crippen LogP contribution in [0.25, 0.3) is 6.08 Å². The maximum atomic E-state index is 10.7. The molecule has 2 N–H and O–H groups in total. The Morgan fingerprint density at radius 1 is 1.08 bits per heavy atom. The SMILES string of the molecule is Cl.Cl.OC1(CN2CCN(CC=Cc3ccccc3)CC2)CNCCOC1. The van der Waals surface area contributed by atoms with Gasteiger partial charge < -0.3 is 15.2 Å². The van der Waals surface area contributed by atoms with Crippen LogP contribution in [0, 0.1) is 0 Å². The molecule has 0 radical (unpaired) electrons. The third-order valence-corrected chi connectivity index (χ3v) is 4.70. The van der Waals surface area contributed by atoms with Gasteiger partial charge in [-0.25, -0.2) is 0 Å². The molecule has 3 rings (SSSR count). The highest BCUT2D eigenvalue weighted by Crippen LogP contribution is 2.12. The van der Waals surface area contributed by atoms with E-state index < -0.39 is 5.60 Å². The summed E-state index contributed by atoms with van der Waals surface area (Å²) in [6, 6.07) is 10.4. The Morgan fingerprint density at radius 3 is 2.50 bits per heavy atom. The number of ether oxygens (including phenoxy) is 1. The van der Waals surface area contributed by atoms with Crippen LogP contribution in [0.5, 0.6) is 0 Å². The maximum Gasteiger partial charge on any atom is 0.113 e. The summed E-state index contributed by atoms with van der Waals surface area (Å²) in [5, 5.41) is 13.9. The van der Waals surface area contributed by atoms with Crippen molar-refractivity contribution < 1.29 is 9.84 Å². The topological polar surface area (TPSA) is 48.0 Å². The average Bonchev–Trinajstić information content (AvgIpc) is 2.82. The van der Waals surface area contributed by atoms with Crippen molar-refractivity contribution >= 4 is 30.9 Å². The second kappa shape index (κ2) is 11.9. The highest BCUT2D eigenvalue weighted by atomic mass is 35.5. The minimum Gasteiger partial charge on any atom is -0.385 e. The highest BCUT2D eigenvalue weighted by molar-refractivity contribution is 5.85. The van der Waals surface area contributed by atoms with Crippen molar-refractivity contribution in [2.45, 2.75) is 5.60 Å². The number of nitrogens with zero attached hydrogens (tertiary/aromatic N) is 2. The largest absolute Gasteiger partial charge is 0.385 e.